The second-order valence-electron chi connectivity index (χ2n) is 7.16. The van der Waals surface area contributed by atoms with E-state index in [1.54, 1.807) is 19.2 Å². The summed E-state index contributed by atoms with van der Waals surface area (Å²) in [6.45, 7) is 3.39. The average molecular weight is 385 g/mol. The topological polar surface area (TPSA) is 76.9 Å². The molecule has 0 spiro atoms. The second-order valence-corrected chi connectivity index (χ2v) is 7.16. The number of nitrogens with one attached hydrogen (secondary N) is 1. The highest BCUT2D eigenvalue weighted by Crippen LogP contribution is 2.29. The monoisotopic (exact) mass is 385 g/mol. The number of hydrogen-bond acceptors (Lipinski definition) is 6. The van der Waals surface area contributed by atoms with Gasteiger partial charge in [-0.25, -0.2) is 0 Å². The second kappa shape index (κ2) is 9.52. The van der Waals surface area contributed by atoms with Crippen molar-refractivity contribution in [2.45, 2.75) is 32.0 Å². The van der Waals surface area contributed by atoms with Crippen molar-refractivity contribution in [3.63, 3.8) is 0 Å². The van der Waals surface area contributed by atoms with Crippen molar-refractivity contribution >= 4 is 5.69 Å². The molecule has 0 aromatic heterocycles. The molecule has 0 aliphatic carbocycles. The van der Waals surface area contributed by atoms with Crippen molar-refractivity contribution in [2.75, 3.05) is 27.2 Å². The van der Waals surface area contributed by atoms with Gasteiger partial charge in [-0.15, -0.1) is 0 Å². The fourth-order valence-electron chi connectivity index (χ4n) is 3.29. The van der Waals surface area contributed by atoms with Crippen molar-refractivity contribution in [3.05, 3.63) is 63.7 Å². The lowest BCUT2D eigenvalue weighted by Gasteiger charge is -2.29. The van der Waals surface area contributed by atoms with E-state index in [1.807, 2.05) is 18.2 Å². The van der Waals surface area contributed by atoms with Gasteiger partial charge in [-0.1, -0.05) is 6.07 Å². The van der Waals surface area contributed by atoms with E-state index in [2.05, 4.69) is 17.3 Å². The van der Waals surface area contributed by atoms with Gasteiger partial charge < -0.3 is 19.7 Å². The van der Waals surface area contributed by atoms with Crippen LogP contribution in [0.1, 0.15) is 24.0 Å². The Morgan fingerprint density at radius 1 is 1.11 bits per heavy atom. The van der Waals surface area contributed by atoms with Gasteiger partial charge in [0.25, 0.3) is 5.69 Å². The van der Waals surface area contributed by atoms with Gasteiger partial charge in [0.2, 0.25) is 0 Å². The summed E-state index contributed by atoms with van der Waals surface area (Å²) in [5.74, 6) is 1.34. The smallest absolute Gasteiger partial charge is 0.269 e. The highest BCUT2D eigenvalue weighted by Gasteiger charge is 2.16. The Balaban J connectivity index is 1.55. The van der Waals surface area contributed by atoms with Crippen molar-refractivity contribution in [2.24, 2.45) is 0 Å². The van der Waals surface area contributed by atoms with E-state index in [9.17, 15) is 10.1 Å². The van der Waals surface area contributed by atoms with Crippen LogP contribution in [0, 0.1) is 10.1 Å². The Morgan fingerprint density at radius 3 is 2.43 bits per heavy atom. The number of non-ortho nitro benzene ring substituents is 1. The summed E-state index contributed by atoms with van der Waals surface area (Å²) in [7, 11) is 3.79. The molecule has 1 N–H and O–H groups in total. The molecule has 2 aromatic carbocycles. The zero-order valence-corrected chi connectivity index (χ0v) is 16.4. The van der Waals surface area contributed by atoms with Gasteiger partial charge in [-0.05, 0) is 68.4 Å². The lowest BCUT2D eigenvalue weighted by molar-refractivity contribution is -0.384. The normalized spacial score (nSPS) is 15.4. The summed E-state index contributed by atoms with van der Waals surface area (Å²) in [6.07, 6.45) is 2.34. The molecular formula is C21H27N3O4. The summed E-state index contributed by atoms with van der Waals surface area (Å²) < 4.78 is 11.3. The maximum atomic E-state index is 10.7. The Morgan fingerprint density at radius 2 is 1.79 bits per heavy atom. The van der Waals surface area contributed by atoms with Gasteiger partial charge in [0.1, 0.15) is 6.61 Å². The number of likely N-dealkylation sites (tertiary alicyclic amines) is 1. The van der Waals surface area contributed by atoms with E-state index < -0.39 is 4.92 Å². The minimum atomic E-state index is -0.411. The minimum Gasteiger partial charge on any atom is -0.493 e. The first kappa shape index (κ1) is 20.1. The first-order valence-electron chi connectivity index (χ1n) is 9.50. The molecule has 3 rings (SSSR count). The van der Waals surface area contributed by atoms with E-state index in [1.165, 1.54) is 25.0 Å². The predicted molar refractivity (Wildman–Crippen MR) is 108 cm³/mol. The zero-order chi connectivity index (χ0) is 19.9. The Kier molecular flexibility index (Phi) is 6.84. The number of nitro benzene ring substituents is 1. The summed E-state index contributed by atoms with van der Waals surface area (Å²) in [6, 6.07) is 12.9. The molecule has 1 aliphatic rings. The van der Waals surface area contributed by atoms with Gasteiger partial charge >= 0.3 is 0 Å². The van der Waals surface area contributed by atoms with Crippen molar-refractivity contribution in [1.29, 1.82) is 0 Å². The van der Waals surface area contributed by atoms with E-state index >= 15 is 0 Å². The largest absolute Gasteiger partial charge is 0.493 e. The molecule has 150 valence electrons. The zero-order valence-electron chi connectivity index (χ0n) is 16.4. The molecule has 0 amide bonds. The number of methoxy groups -OCH3 is 1. The van der Waals surface area contributed by atoms with Crippen LogP contribution in [-0.4, -0.2) is 43.1 Å². The molecule has 1 heterocycles. The first-order valence-corrected chi connectivity index (χ1v) is 9.50. The summed E-state index contributed by atoms with van der Waals surface area (Å²) in [4.78, 5) is 12.7. The van der Waals surface area contributed by atoms with Crippen LogP contribution in [0.4, 0.5) is 5.69 Å². The predicted octanol–water partition coefficient (Wildman–Crippen LogP) is 3.37. The van der Waals surface area contributed by atoms with Crippen LogP contribution >= 0.6 is 0 Å². The van der Waals surface area contributed by atoms with Gasteiger partial charge in [-0.2, -0.15) is 0 Å². The van der Waals surface area contributed by atoms with E-state index in [-0.39, 0.29) is 5.69 Å². The molecule has 0 unspecified atom stereocenters. The van der Waals surface area contributed by atoms with E-state index in [4.69, 9.17) is 9.47 Å². The van der Waals surface area contributed by atoms with Gasteiger partial charge in [0, 0.05) is 24.7 Å². The molecule has 7 heteroatoms. The fraction of sp³-hybridized carbons (Fsp3) is 0.429. The highest BCUT2D eigenvalue weighted by molar-refractivity contribution is 5.43. The van der Waals surface area contributed by atoms with Gasteiger partial charge in [0.15, 0.2) is 11.5 Å². The standard InChI is InChI=1S/C21H27N3O4/c1-23-11-9-18(10-12-23)22-14-17-5-8-20(21(13-17)27-2)28-15-16-3-6-19(7-4-16)24(25)26/h3-8,13,18,22H,9-12,14-15H2,1-2H3. The molecule has 2 aromatic rings. The van der Waals surface area contributed by atoms with Crippen LogP contribution in [0.5, 0.6) is 11.5 Å². The quantitative estimate of drug-likeness (QED) is 0.555. The molecule has 0 bridgehead atoms. The Hall–Kier alpha value is -2.64. The van der Waals surface area contributed by atoms with E-state index in [0.29, 0.717) is 24.1 Å². The summed E-state index contributed by atoms with van der Waals surface area (Å²) >= 11 is 0. The lowest BCUT2D eigenvalue weighted by Crippen LogP contribution is -2.40. The minimum absolute atomic E-state index is 0.0720. The van der Waals surface area contributed by atoms with Crippen LogP contribution < -0.4 is 14.8 Å². The van der Waals surface area contributed by atoms with Crippen LogP contribution in [-0.2, 0) is 13.2 Å². The van der Waals surface area contributed by atoms with Crippen molar-refractivity contribution in [3.8, 4) is 11.5 Å². The fourth-order valence-corrected chi connectivity index (χ4v) is 3.29. The lowest BCUT2D eigenvalue weighted by atomic mass is 10.1. The first-order chi connectivity index (χ1) is 13.5. The number of ether oxygens (including phenoxy) is 2. The number of rotatable bonds is 8. The van der Waals surface area contributed by atoms with Crippen LogP contribution in [0.15, 0.2) is 42.5 Å². The SMILES string of the molecule is COc1cc(CNC2CCN(C)CC2)ccc1OCc1ccc([N+](=O)[O-])cc1. The number of benzene rings is 2. The molecule has 28 heavy (non-hydrogen) atoms. The molecular weight excluding hydrogens is 358 g/mol. The van der Waals surface area contributed by atoms with Gasteiger partial charge in [-0.3, -0.25) is 10.1 Å². The molecule has 7 nitrogen and oxygen atoms in total. The molecule has 0 radical (unpaired) electrons. The van der Waals surface area contributed by atoms with Gasteiger partial charge in [0.05, 0.1) is 12.0 Å². The third-order valence-corrected chi connectivity index (χ3v) is 5.08. The summed E-state index contributed by atoms with van der Waals surface area (Å²) in [5, 5.41) is 14.3. The maximum Gasteiger partial charge on any atom is 0.269 e. The third kappa shape index (κ3) is 5.43. The molecule has 1 fully saturated rings. The maximum absolute atomic E-state index is 10.7. The average Bonchev–Trinajstić information content (AvgIpc) is 2.72. The van der Waals surface area contributed by atoms with E-state index in [0.717, 1.165) is 30.8 Å². The molecule has 1 saturated heterocycles. The van der Waals surface area contributed by atoms with Crippen LogP contribution in [0.2, 0.25) is 0 Å². The number of piperidine rings is 1. The highest BCUT2D eigenvalue weighted by atomic mass is 16.6. The molecule has 0 saturated carbocycles. The Bertz CT molecular complexity index is 787. The van der Waals surface area contributed by atoms with Crippen molar-refractivity contribution < 1.29 is 14.4 Å². The summed E-state index contributed by atoms with van der Waals surface area (Å²) in [5.41, 5.74) is 2.09. The Labute approximate surface area is 165 Å². The molecule has 0 atom stereocenters. The number of hydrogen-bond donors (Lipinski definition) is 1. The third-order valence-electron chi connectivity index (χ3n) is 5.08. The number of nitro groups is 1. The molecule has 1 aliphatic heterocycles. The van der Waals surface area contributed by atoms with Crippen LogP contribution in [0.3, 0.4) is 0 Å². The van der Waals surface area contributed by atoms with Crippen LogP contribution in [0.25, 0.3) is 0 Å². The van der Waals surface area contributed by atoms with Crippen molar-refractivity contribution in [1.82, 2.24) is 10.2 Å². The number of nitrogens with zero attached hydrogens (tertiary/aromatic N) is 2.